The zero-order chi connectivity index (χ0) is 55.4. The number of hydrogen-bond donors (Lipinski definition) is 0. The summed E-state index contributed by atoms with van der Waals surface area (Å²) >= 11 is 0. The summed E-state index contributed by atoms with van der Waals surface area (Å²) in [5.74, 6) is -0.491. The van der Waals surface area contributed by atoms with Gasteiger partial charge in [-0.1, -0.05) is 198 Å². The van der Waals surface area contributed by atoms with Gasteiger partial charge in [0.15, 0.2) is 11.6 Å². The molecule has 0 aliphatic heterocycles. The third-order valence-electron chi connectivity index (χ3n) is 12.8. The molecule has 4 aromatic rings. The van der Waals surface area contributed by atoms with Crippen molar-refractivity contribution in [2.45, 2.75) is 194 Å². The molecule has 0 fully saturated rings. The molecule has 0 bridgehead atoms. The topological polar surface area (TPSA) is 86.7 Å². The van der Waals surface area contributed by atoms with E-state index in [-0.39, 0.29) is 23.1 Å². The maximum atomic E-state index is 12.1. The molecule has 0 N–H and O–H groups in total. The second kappa shape index (κ2) is 33.3. The number of hydrogen-bond acceptors (Lipinski definition) is 6. The fourth-order valence-corrected chi connectivity index (χ4v) is 7.61. The molecule has 74 heavy (non-hydrogen) atoms. The van der Waals surface area contributed by atoms with E-state index in [1.54, 1.807) is 0 Å². The monoisotopic (exact) mass is 1010 g/mol. The molecular formula is C68H100O6. The van der Waals surface area contributed by atoms with Crippen molar-refractivity contribution < 1.29 is 28.7 Å². The lowest BCUT2D eigenvalue weighted by molar-refractivity contribution is -0.127. The van der Waals surface area contributed by atoms with E-state index in [2.05, 4.69) is 189 Å². The van der Waals surface area contributed by atoms with Crippen LogP contribution in [-0.2, 0) is 67.2 Å². The molecule has 6 nitrogen and oxygen atoms in total. The number of allylic oxidation sites excluding steroid dienone is 2. The van der Waals surface area contributed by atoms with Crippen LogP contribution in [0.5, 0.6) is 0 Å². The summed E-state index contributed by atoms with van der Waals surface area (Å²) in [5, 5.41) is 0. The summed E-state index contributed by atoms with van der Waals surface area (Å²) in [7, 11) is 0. The Morgan fingerprint density at radius 1 is 0.405 bits per heavy atom. The van der Waals surface area contributed by atoms with Crippen LogP contribution in [0.15, 0.2) is 109 Å². The Morgan fingerprint density at radius 2 is 0.676 bits per heavy atom. The standard InChI is InChI=1S/C23H30O4.C19H30O2.2C13H20/c1-23(2,3)13-10-17-4-6-18(7-5-17)16-19(24)11-14-27-15-12-20-21(25)8-9-22(20)26;1-5-13-21-14-11-18(20)15-17-8-6-16(7-9-17)10-12-19(2,3)4;2*1-11-5-7-12(8-6-11)9-10-13(2,3)4/h4-9,20H,10-16H2,1-3H3;6-9H,5,10-15H2,1-4H3;2*5-8H,9-10H2,1-4H3. The average Bonchev–Trinajstić information content (AvgIpc) is 3.64. The second-order valence-electron chi connectivity index (χ2n) is 25.5. The van der Waals surface area contributed by atoms with Crippen molar-refractivity contribution in [3.05, 3.63) is 154 Å². The first kappa shape index (κ1) is 65.3. The molecule has 0 radical (unpaired) electrons. The SMILES string of the molecule is CC(C)(C)CCc1ccc(CC(=O)CCOCCC2C(=O)C=CC2=O)cc1.CCCOCCC(=O)Cc1ccc(CCC(C)(C)C)cc1.Cc1ccc(CCC(C)(C)C)cc1.Cc1ccc(CCC(C)(C)C)cc1. The number of aryl methyl sites for hydroxylation is 6. The van der Waals surface area contributed by atoms with Crippen LogP contribution in [-0.4, -0.2) is 49.6 Å². The molecule has 6 heteroatoms. The van der Waals surface area contributed by atoms with Gasteiger partial charge in [0.25, 0.3) is 0 Å². The van der Waals surface area contributed by atoms with Crippen molar-refractivity contribution in [2.75, 3.05) is 26.4 Å². The van der Waals surface area contributed by atoms with Gasteiger partial charge in [0.05, 0.1) is 19.1 Å². The molecular weight excluding hydrogens is 913 g/mol. The number of Topliss-reactive ketones (excluding diaryl/α,β-unsaturated/α-hetero) is 2. The Morgan fingerprint density at radius 3 is 0.959 bits per heavy atom. The molecule has 0 heterocycles. The first-order valence-electron chi connectivity index (χ1n) is 27.8. The number of carbonyl (C=O) groups is 4. The van der Waals surface area contributed by atoms with Gasteiger partial charge < -0.3 is 9.47 Å². The fraction of sp³-hybridized carbons (Fsp3) is 0.559. The fourth-order valence-electron chi connectivity index (χ4n) is 7.61. The van der Waals surface area contributed by atoms with E-state index in [0.29, 0.717) is 73.6 Å². The maximum absolute atomic E-state index is 12.1. The van der Waals surface area contributed by atoms with Gasteiger partial charge in [-0.25, -0.2) is 0 Å². The smallest absolute Gasteiger partial charge is 0.166 e. The molecule has 5 rings (SSSR count). The molecule has 1 aliphatic carbocycles. The van der Waals surface area contributed by atoms with Gasteiger partial charge in [-0.2, -0.15) is 0 Å². The molecule has 0 aromatic heterocycles. The summed E-state index contributed by atoms with van der Waals surface area (Å²) in [4.78, 5) is 46.8. The summed E-state index contributed by atoms with van der Waals surface area (Å²) in [6.07, 6.45) is 15.2. The molecule has 0 saturated carbocycles. The predicted octanol–water partition coefficient (Wildman–Crippen LogP) is 16.4. The van der Waals surface area contributed by atoms with E-state index in [0.717, 1.165) is 43.4 Å². The van der Waals surface area contributed by atoms with Crippen LogP contribution in [0.25, 0.3) is 0 Å². The van der Waals surface area contributed by atoms with Gasteiger partial charge in [-0.15, -0.1) is 0 Å². The number of rotatable bonds is 23. The number of carbonyl (C=O) groups excluding carboxylic acids is 4. The normalized spacial score (nSPS) is 12.9. The number of benzene rings is 4. The number of ketones is 4. The molecule has 408 valence electrons. The van der Waals surface area contributed by atoms with E-state index < -0.39 is 5.92 Å². The lowest BCUT2D eigenvalue weighted by Gasteiger charge is -2.17. The van der Waals surface area contributed by atoms with Crippen LogP contribution in [0, 0.1) is 41.4 Å². The highest BCUT2D eigenvalue weighted by atomic mass is 16.5. The van der Waals surface area contributed by atoms with Crippen LogP contribution >= 0.6 is 0 Å². The maximum Gasteiger partial charge on any atom is 0.166 e. The van der Waals surface area contributed by atoms with E-state index in [1.807, 2.05) is 12.1 Å². The van der Waals surface area contributed by atoms with Crippen LogP contribution in [0.1, 0.15) is 186 Å². The van der Waals surface area contributed by atoms with E-state index in [4.69, 9.17) is 9.47 Å². The van der Waals surface area contributed by atoms with Gasteiger partial charge in [-0.05, 0) is 145 Å². The summed E-state index contributed by atoms with van der Waals surface area (Å²) in [6, 6.07) is 34.5. The first-order chi connectivity index (χ1) is 34.6. The highest BCUT2D eigenvalue weighted by molar-refractivity contribution is 6.18. The summed E-state index contributed by atoms with van der Waals surface area (Å²) in [6.45, 7) is 35.5. The first-order valence-corrected chi connectivity index (χ1v) is 27.8. The third kappa shape index (κ3) is 33.2. The largest absolute Gasteiger partial charge is 0.381 e. The molecule has 0 atom stereocenters. The van der Waals surface area contributed by atoms with Crippen molar-refractivity contribution in [1.29, 1.82) is 0 Å². The van der Waals surface area contributed by atoms with Crippen LogP contribution < -0.4 is 0 Å². The highest BCUT2D eigenvalue weighted by Crippen LogP contribution is 2.25. The minimum Gasteiger partial charge on any atom is -0.381 e. The van der Waals surface area contributed by atoms with Crippen LogP contribution in [0.4, 0.5) is 0 Å². The minimum atomic E-state index is -0.586. The van der Waals surface area contributed by atoms with Crippen molar-refractivity contribution in [3.63, 3.8) is 0 Å². The van der Waals surface area contributed by atoms with Gasteiger partial charge in [-0.3, -0.25) is 19.2 Å². The van der Waals surface area contributed by atoms with Crippen LogP contribution in [0.2, 0.25) is 0 Å². The van der Waals surface area contributed by atoms with E-state index >= 15 is 0 Å². The molecule has 4 aromatic carbocycles. The molecule has 1 aliphatic rings. The minimum absolute atomic E-state index is 0.132. The van der Waals surface area contributed by atoms with Crippen molar-refractivity contribution in [3.8, 4) is 0 Å². The lowest BCUT2D eigenvalue weighted by atomic mass is 9.88. The molecule has 0 unspecified atom stereocenters. The van der Waals surface area contributed by atoms with Gasteiger partial charge in [0.2, 0.25) is 0 Å². The van der Waals surface area contributed by atoms with Crippen molar-refractivity contribution in [1.82, 2.24) is 0 Å². The van der Waals surface area contributed by atoms with E-state index in [9.17, 15) is 19.2 Å². The third-order valence-corrected chi connectivity index (χ3v) is 12.8. The van der Waals surface area contributed by atoms with Gasteiger partial charge >= 0.3 is 0 Å². The average molecular weight is 1010 g/mol. The Hall–Kier alpha value is -4.78. The van der Waals surface area contributed by atoms with Crippen molar-refractivity contribution >= 4 is 23.1 Å². The highest BCUT2D eigenvalue weighted by Gasteiger charge is 2.27. The molecule has 0 saturated heterocycles. The van der Waals surface area contributed by atoms with Gasteiger partial charge in [0.1, 0.15) is 11.6 Å². The Bertz CT molecular complexity index is 2160. The van der Waals surface area contributed by atoms with Crippen molar-refractivity contribution in [2.24, 2.45) is 27.6 Å². The zero-order valence-electron chi connectivity index (χ0n) is 49.1. The predicted molar refractivity (Wildman–Crippen MR) is 312 cm³/mol. The molecule has 0 spiro atoms. The number of ether oxygens (including phenoxy) is 2. The van der Waals surface area contributed by atoms with Crippen LogP contribution in [0.3, 0.4) is 0 Å². The summed E-state index contributed by atoms with van der Waals surface area (Å²) in [5.41, 5.74) is 12.0. The Labute approximate surface area is 451 Å². The molecule has 0 amide bonds. The second-order valence-corrected chi connectivity index (χ2v) is 25.5. The quantitative estimate of drug-likeness (QED) is 0.0543. The Kier molecular flexibility index (Phi) is 29.4. The van der Waals surface area contributed by atoms with E-state index in [1.165, 1.54) is 77.6 Å². The summed E-state index contributed by atoms with van der Waals surface area (Å²) < 4.78 is 10.8. The Balaban J connectivity index is 0.000000355. The van der Waals surface area contributed by atoms with Gasteiger partial charge in [0, 0.05) is 38.9 Å². The zero-order valence-corrected chi connectivity index (χ0v) is 49.1. The lowest BCUT2D eigenvalue weighted by Crippen LogP contribution is -2.18.